The summed E-state index contributed by atoms with van der Waals surface area (Å²) in [6, 6.07) is 18.5. The van der Waals surface area contributed by atoms with E-state index in [9.17, 15) is 24.3 Å². The SMILES string of the molecule is COC(=O)[C@H](CC(=O)O)Cc1ccccc1.COC(=O)[C@H](CC(=O)[O-])Cc1ccccc1.[Na+]. The molecule has 2 aromatic rings. The van der Waals surface area contributed by atoms with Gasteiger partial charge in [0, 0.05) is 12.4 Å². The molecule has 9 heteroatoms. The van der Waals surface area contributed by atoms with E-state index in [0.717, 1.165) is 11.1 Å². The Bertz CT molecular complexity index is 797. The number of methoxy groups -OCH3 is 2. The van der Waals surface area contributed by atoms with Crippen molar-refractivity contribution < 1.29 is 68.4 Å². The van der Waals surface area contributed by atoms with Crippen molar-refractivity contribution in [2.24, 2.45) is 11.8 Å². The number of aliphatic carboxylic acids is 2. The van der Waals surface area contributed by atoms with Crippen LogP contribution in [0.3, 0.4) is 0 Å². The van der Waals surface area contributed by atoms with Crippen LogP contribution in [-0.2, 0) is 41.5 Å². The van der Waals surface area contributed by atoms with Crippen LogP contribution in [0.25, 0.3) is 0 Å². The first-order valence-corrected chi connectivity index (χ1v) is 9.91. The summed E-state index contributed by atoms with van der Waals surface area (Å²) in [7, 11) is 2.51. The van der Waals surface area contributed by atoms with Gasteiger partial charge in [-0.05, 0) is 24.0 Å². The number of ether oxygens (including phenoxy) is 2. The largest absolute Gasteiger partial charge is 1.00 e. The molecule has 172 valence electrons. The molecule has 0 unspecified atom stereocenters. The number of esters is 2. The fourth-order valence-corrected chi connectivity index (χ4v) is 3.02. The van der Waals surface area contributed by atoms with Gasteiger partial charge in [0.05, 0.1) is 32.5 Å². The van der Waals surface area contributed by atoms with Crippen molar-refractivity contribution in [2.45, 2.75) is 25.7 Å². The molecule has 0 heterocycles. The molecule has 2 atom stereocenters. The van der Waals surface area contributed by atoms with Gasteiger partial charge in [-0.25, -0.2) is 0 Å². The third-order valence-electron chi connectivity index (χ3n) is 4.55. The van der Waals surface area contributed by atoms with Gasteiger partial charge in [-0.1, -0.05) is 60.7 Å². The minimum Gasteiger partial charge on any atom is -0.550 e. The van der Waals surface area contributed by atoms with Crippen LogP contribution in [0.5, 0.6) is 0 Å². The van der Waals surface area contributed by atoms with Crippen LogP contribution < -0.4 is 34.7 Å². The van der Waals surface area contributed by atoms with E-state index in [1.807, 2.05) is 60.7 Å². The molecule has 0 fully saturated rings. The maximum absolute atomic E-state index is 11.4. The maximum Gasteiger partial charge on any atom is 1.00 e. The molecule has 0 aliphatic heterocycles. The van der Waals surface area contributed by atoms with Gasteiger partial charge in [0.25, 0.3) is 0 Å². The molecule has 2 aromatic carbocycles. The molecular formula is C24H27NaO8. The van der Waals surface area contributed by atoms with E-state index < -0.39 is 35.7 Å². The van der Waals surface area contributed by atoms with Crippen LogP contribution in [0.2, 0.25) is 0 Å². The number of benzene rings is 2. The van der Waals surface area contributed by atoms with Crippen LogP contribution in [-0.4, -0.2) is 43.2 Å². The van der Waals surface area contributed by atoms with Gasteiger partial charge in [0.1, 0.15) is 0 Å². The Morgan fingerprint density at radius 3 is 1.42 bits per heavy atom. The molecule has 0 amide bonds. The molecule has 0 spiro atoms. The molecule has 0 bridgehead atoms. The van der Waals surface area contributed by atoms with E-state index >= 15 is 0 Å². The van der Waals surface area contributed by atoms with E-state index in [1.165, 1.54) is 14.2 Å². The zero-order chi connectivity index (χ0) is 23.9. The molecule has 2 rings (SSSR count). The van der Waals surface area contributed by atoms with E-state index in [-0.39, 0.29) is 42.4 Å². The summed E-state index contributed by atoms with van der Waals surface area (Å²) in [5, 5.41) is 19.2. The average molecular weight is 466 g/mol. The zero-order valence-corrected chi connectivity index (χ0v) is 21.1. The van der Waals surface area contributed by atoms with Crippen molar-refractivity contribution in [2.75, 3.05) is 14.2 Å². The van der Waals surface area contributed by atoms with Crippen LogP contribution >= 0.6 is 0 Å². The van der Waals surface area contributed by atoms with E-state index in [4.69, 9.17) is 5.11 Å². The Hall–Kier alpha value is -2.68. The minimum atomic E-state index is -1.24. The summed E-state index contributed by atoms with van der Waals surface area (Å²) in [5.41, 5.74) is 1.83. The first-order valence-electron chi connectivity index (χ1n) is 9.91. The number of carbonyl (C=O) groups is 4. The number of carbonyl (C=O) groups excluding carboxylic acids is 3. The van der Waals surface area contributed by atoms with Crippen molar-refractivity contribution in [3.05, 3.63) is 71.8 Å². The van der Waals surface area contributed by atoms with Gasteiger partial charge in [-0.2, -0.15) is 0 Å². The summed E-state index contributed by atoms with van der Waals surface area (Å²) in [4.78, 5) is 43.8. The minimum absolute atomic E-state index is 0. The fourth-order valence-electron chi connectivity index (χ4n) is 3.02. The standard InChI is InChI=1S/2C12H14O4.Na/c2*1-16-12(15)10(8-11(13)14)7-9-5-3-2-4-6-9;/h2*2-6,10H,7-8H2,1H3,(H,13,14);/q;;+1/p-1/t2*10-;/m00./s1. The smallest absolute Gasteiger partial charge is 0.550 e. The zero-order valence-electron chi connectivity index (χ0n) is 19.1. The first kappa shape index (κ1) is 30.3. The first-order chi connectivity index (χ1) is 15.3. The number of rotatable bonds is 10. The topological polar surface area (TPSA) is 130 Å². The predicted molar refractivity (Wildman–Crippen MR) is 113 cm³/mol. The Morgan fingerprint density at radius 2 is 1.12 bits per heavy atom. The predicted octanol–water partition coefficient (Wildman–Crippen LogP) is -1.34. The van der Waals surface area contributed by atoms with Crippen molar-refractivity contribution in [1.82, 2.24) is 0 Å². The summed E-state index contributed by atoms with van der Waals surface area (Å²) < 4.78 is 9.14. The number of carboxylic acids is 2. The molecule has 1 N–H and O–H groups in total. The van der Waals surface area contributed by atoms with Gasteiger partial charge >= 0.3 is 47.5 Å². The van der Waals surface area contributed by atoms with Gasteiger partial charge in [-0.3, -0.25) is 14.4 Å². The molecule has 0 saturated carbocycles. The second-order valence-electron chi connectivity index (χ2n) is 6.99. The quantitative estimate of drug-likeness (QED) is 0.336. The number of carboxylic acid groups (broad SMARTS) is 2. The van der Waals surface area contributed by atoms with Gasteiger partial charge < -0.3 is 24.5 Å². The average Bonchev–Trinajstić information content (AvgIpc) is 2.78. The van der Waals surface area contributed by atoms with Crippen molar-refractivity contribution in [3.8, 4) is 0 Å². The molecule has 33 heavy (non-hydrogen) atoms. The van der Waals surface area contributed by atoms with Crippen LogP contribution in [0.1, 0.15) is 24.0 Å². The third-order valence-corrected chi connectivity index (χ3v) is 4.55. The summed E-state index contributed by atoms with van der Waals surface area (Å²) in [6.45, 7) is 0. The molecular weight excluding hydrogens is 439 g/mol. The van der Waals surface area contributed by atoms with E-state index in [1.54, 1.807) is 0 Å². The monoisotopic (exact) mass is 466 g/mol. The maximum atomic E-state index is 11.4. The van der Waals surface area contributed by atoms with E-state index in [2.05, 4.69) is 9.47 Å². The van der Waals surface area contributed by atoms with Gasteiger partial charge in [0.15, 0.2) is 0 Å². The Balaban J connectivity index is 0.000000602. The van der Waals surface area contributed by atoms with Crippen LogP contribution in [0.15, 0.2) is 60.7 Å². The Labute approximate surface area is 215 Å². The molecule has 0 aromatic heterocycles. The van der Waals surface area contributed by atoms with Crippen molar-refractivity contribution >= 4 is 23.9 Å². The van der Waals surface area contributed by atoms with Crippen LogP contribution in [0, 0.1) is 11.8 Å². The van der Waals surface area contributed by atoms with Gasteiger partial charge in [0.2, 0.25) is 0 Å². The number of hydrogen-bond acceptors (Lipinski definition) is 7. The second kappa shape index (κ2) is 16.9. The Kier molecular flexibility index (Phi) is 15.5. The number of hydrogen-bond donors (Lipinski definition) is 1. The second-order valence-corrected chi connectivity index (χ2v) is 6.99. The molecule has 8 nitrogen and oxygen atoms in total. The summed E-state index contributed by atoms with van der Waals surface area (Å²) >= 11 is 0. The van der Waals surface area contributed by atoms with E-state index in [0.29, 0.717) is 12.8 Å². The summed E-state index contributed by atoms with van der Waals surface area (Å²) in [6.07, 6.45) is 0.213. The molecule has 0 aliphatic rings. The summed E-state index contributed by atoms with van der Waals surface area (Å²) in [5.74, 6) is -4.54. The normalized spacial score (nSPS) is 11.5. The third kappa shape index (κ3) is 12.8. The van der Waals surface area contributed by atoms with Gasteiger partial charge in [-0.15, -0.1) is 0 Å². The van der Waals surface area contributed by atoms with Crippen LogP contribution in [0.4, 0.5) is 0 Å². The Morgan fingerprint density at radius 1 is 0.758 bits per heavy atom. The fraction of sp³-hybridized carbons (Fsp3) is 0.333. The molecule has 0 radical (unpaired) electrons. The molecule has 0 saturated heterocycles. The molecule has 0 aliphatic carbocycles. The van der Waals surface area contributed by atoms with Crippen molar-refractivity contribution in [1.29, 1.82) is 0 Å². The van der Waals surface area contributed by atoms with Crippen molar-refractivity contribution in [3.63, 3.8) is 0 Å².